The Morgan fingerprint density at radius 3 is 2.74 bits per heavy atom. The Kier molecular flexibility index (Phi) is 6.32. The van der Waals surface area contributed by atoms with Crippen molar-refractivity contribution in [1.82, 2.24) is 14.5 Å². The first kappa shape index (κ1) is 24.2. The van der Waals surface area contributed by atoms with Gasteiger partial charge in [-0.15, -0.1) is 0 Å². The summed E-state index contributed by atoms with van der Waals surface area (Å²) in [7, 11) is 1.68. The number of likely N-dealkylation sites (tertiary alicyclic amines) is 1. The van der Waals surface area contributed by atoms with Crippen LogP contribution in [0.5, 0.6) is 11.5 Å². The average Bonchev–Trinajstić information content (AvgIpc) is 3.32. The SMILES string of the molecule is COc1cccc2c1OC(C)(C)[C@H]1CC3(CCN(C(=O)CCn4ccnc4C(C)C)CC3)CO[C@H]21. The first-order valence-corrected chi connectivity index (χ1v) is 13.0. The topological polar surface area (TPSA) is 65.8 Å². The van der Waals surface area contributed by atoms with Gasteiger partial charge in [-0.05, 0) is 44.6 Å². The third-order valence-corrected chi connectivity index (χ3v) is 8.39. The molecule has 2 saturated heterocycles. The van der Waals surface area contributed by atoms with Gasteiger partial charge in [-0.3, -0.25) is 4.79 Å². The molecule has 3 aliphatic heterocycles. The summed E-state index contributed by atoms with van der Waals surface area (Å²) in [5, 5.41) is 0. The van der Waals surface area contributed by atoms with E-state index in [2.05, 4.69) is 43.3 Å². The molecule has 5 rings (SSSR count). The Balaban J connectivity index is 1.22. The van der Waals surface area contributed by atoms with Gasteiger partial charge in [0.2, 0.25) is 5.91 Å². The lowest BCUT2D eigenvalue weighted by Gasteiger charge is -2.54. The molecule has 1 aromatic heterocycles. The number of fused-ring (bicyclic) bond motifs is 3. The van der Waals surface area contributed by atoms with Gasteiger partial charge >= 0.3 is 0 Å². The molecule has 2 atom stereocenters. The van der Waals surface area contributed by atoms with E-state index in [9.17, 15) is 4.79 Å². The van der Waals surface area contributed by atoms with E-state index >= 15 is 0 Å². The van der Waals surface area contributed by atoms with Gasteiger partial charge in [-0.2, -0.15) is 0 Å². The Bertz CT molecular complexity index is 1070. The Labute approximate surface area is 208 Å². The van der Waals surface area contributed by atoms with Crippen molar-refractivity contribution in [2.24, 2.45) is 11.3 Å². The number of aryl methyl sites for hydroxylation is 1. The number of para-hydroxylation sites is 1. The molecule has 0 aliphatic carbocycles. The minimum Gasteiger partial charge on any atom is -0.493 e. The summed E-state index contributed by atoms with van der Waals surface area (Å²) in [4.78, 5) is 19.5. The molecule has 2 aromatic rings. The highest BCUT2D eigenvalue weighted by Gasteiger charge is 2.53. The molecule has 7 nitrogen and oxygen atoms in total. The lowest BCUT2D eigenvalue weighted by atomic mass is 9.64. The Morgan fingerprint density at radius 1 is 1.26 bits per heavy atom. The molecule has 0 saturated carbocycles. The summed E-state index contributed by atoms with van der Waals surface area (Å²) in [6.45, 7) is 11.6. The zero-order valence-electron chi connectivity index (χ0n) is 21.8. The number of rotatable bonds is 5. The van der Waals surface area contributed by atoms with Gasteiger partial charge in [-0.1, -0.05) is 26.0 Å². The first-order chi connectivity index (χ1) is 16.7. The van der Waals surface area contributed by atoms with Crippen molar-refractivity contribution < 1.29 is 19.0 Å². The number of ether oxygens (including phenoxy) is 3. The molecule has 2 fully saturated rings. The minimum atomic E-state index is -0.356. The normalized spacial score (nSPS) is 24.6. The van der Waals surface area contributed by atoms with Gasteiger partial charge in [0.25, 0.3) is 0 Å². The molecular formula is C28H39N3O4. The summed E-state index contributed by atoms with van der Waals surface area (Å²) >= 11 is 0. The van der Waals surface area contributed by atoms with Gasteiger partial charge in [0.1, 0.15) is 11.4 Å². The molecule has 3 aliphatic rings. The third-order valence-electron chi connectivity index (χ3n) is 8.39. The Hall–Kier alpha value is -2.54. The second-order valence-corrected chi connectivity index (χ2v) is 11.4. The highest BCUT2D eigenvalue weighted by atomic mass is 16.5. The fourth-order valence-electron chi connectivity index (χ4n) is 6.26. The lowest BCUT2D eigenvalue weighted by molar-refractivity contribution is -0.176. The van der Waals surface area contributed by atoms with Gasteiger partial charge in [0, 0.05) is 55.8 Å². The quantitative estimate of drug-likeness (QED) is 0.604. The number of methoxy groups -OCH3 is 1. The lowest BCUT2D eigenvalue weighted by Crippen LogP contribution is -2.54. The summed E-state index contributed by atoms with van der Waals surface area (Å²) in [5.41, 5.74) is 0.840. The van der Waals surface area contributed by atoms with Crippen LogP contribution in [-0.4, -0.2) is 52.8 Å². The van der Waals surface area contributed by atoms with Crippen molar-refractivity contribution in [1.29, 1.82) is 0 Å². The number of piperidine rings is 1. The summed E-state index contributed by atoms with van der Waals surface area (Å²) < 4.78 is 20.8. The molecule has 0 unspecified atom stereocenters. The van der Waals surface area contributed by atoms with E-state index in [4.69, 9.17) is 14.2 Å². The molecule has 1 spiro atoms. The maximum Gasteiger partial charge on any atom is 0.224 e. The molecule has 1 aromatic carbocycles. The van der Waals surface area contributed by atoms with E-state index in [0.29, 0.717) is 18.9 Å². The molecule has 0 radical (unpaired) electrons. The van der Waals surface area contributed by atoms with Gasteiger partial charge in [0.15, 0.2) is 11.5 Å². The first-order valence-electron chi connectivity index (χ1n) is 13.0. The average molecular weight is 482 g/mol. The van der Waals surface area contributed by atoms with Gasteiger partial charge in [-0.25, -0.2) is 4.98 Å². The van der Waals surface area contributed by atoms with Crippen LogP contribution in [0.3, 0.4) is 0 Å². The van der Waals surface area contributed by atoms with Crippen LogP contribution in [0.15, 0.2) is 30.6 Å². The predicted octanol–water partition coefficient (Wildman–Crippen LogP) is 4.96. The number of carbonyl (C=O) groups is 1. The largest absolute Gasteiger partial charge is 0.493 e. The van der Waals surface area contributed by atoms with E-state index in [1.54, 1.807) is 7.11 Å². The highest BCUT2D eigenvalue weighted by molar-refractivity contribution is 5.76. The summed E-state index contributed by atoms with van der Waals surface area (Å²) in [6.07, 6.45) is 7.34. The molecule has 190 valence electrons. The number of nitrogens with zero attached hydrogens (tertiary/aromatic N) is 3. The van der Waals surface area contributed by atoms with Crippen LogP contribution in [0.2, 0.25) is 0 Å². The van der Waals surface area contributed by atoms with Crippen molar-refractivity contribution >= 4 is 5.91 Å². The second-order valence-electron chi connectivity index (χ2n) is 11.4. The molecular weight excluding hydrogens is 442 g/mol. The maximum absolute atomic E-state index is 13.0. The van der Waals surface area contributed by atoms with Crippen LogP contribution in [0, 0.1) is 11.3 Å². The van der Waals surface area contributed by atoms with E-state index in [1.807, 2.05) is 29.4 Å². The smallest absolute Gasteiger partial charge is 0.224 e. The van der Waals surface area contributed by atoms with E-state index in [1.165, 1.54) is 0 Å². The number of carbonyl (C=O) groups excluding carboxylic acids is 1. The third kappa shape index (κ3) is 4.44. The van der Waals surface area contributed by atoms with Crippen molar-refractivity contribution in [2.45, 2.75) is 77.5 Å². The summed E-state index contributed by atoms with van der Waals surface area (Å²) in [6, 6.07) is 6.07. The molecule has 0 bridgehead atoms. The summed E-state index contributed by atoms with van der Waals surface area (Å²) in [5.74, 6) is 3.47. The molecule has 1 amide bonds. The van der Waals surface area contributed by atoms with Crippen LogP contribution < -0.4 is 9.47 Å². The fourth-order valence-corrected chi connectivity index (χ4v) is 6.26. The van der Waals surface area contributed by atoms with Crippen LogP contribution in [-0.2, 0) is 16.1 Å². The number of benzene rings is 1. The maximum atomic E-state index is 13.0. The molecule has 35 heavy (non-hydrogen) atoms. The van der Waals surface area contributed by atoms with Crippen molar-refractivity contribution in [3.05, 3.63) is 42.0 Å². The number of hydrogen-bond donors (Lipinski definition) is 0. The van der Waals surface area contributed by atoms with Gasteiger partial charge in [0.05, 0.1) is 19.8 Å². The Morgan fingerprint density at radius 2 is 2.03 bits per heavy atom. The van der Waals surface area contributed by atoms with Crippen molar-refractivity contribution in [2.75, 3.05) is 26.8 Å². The van der Waals surface area contributed by atoms with Crippen molar-refractivity contribution in [3.8, 4) is 11.5 Å². The van der Waals surface area contributed by atoms with Crippen LogP contribution in [0.4, 0.5) is 0 Å². The number of aromatic nitrogens is 2. The van der Waals surface area contributed by atoms with Crippen LogP contribution in [0.25, 0.3) is 0 Å². The minimum absolute atomic E-state index is 0.0134. The van der Waals surface area contributed by atoms with Gasteiger partial charge < -0.3 is 23.7 Å². The number of hydrogen-bond acceptors (Lipinski definition) is 5. The molecule has 0 N–H and O–H groups in total. The van der Waals surface area contributed by atoms with Crippen molar-refractivity contribution in [3.63, 3.8) is 0 Å². The van der Waals surface area contributed by atoms with E-state index in [-0.39, 0.29) is 28.9 Å². The van der Waals surface area contributed by atoms with E-state index < -0.39 is 0 Å². The molecule has 7 heteroatoms. The number of amides is 1. The second kappa shape index (κ2) is 9.16. The monoisotopic (exact) mass is 481 g/mol. The van der Waals surface area contributed by atoms with Crippen LogP contribution in [0.1, 0.15) is 76.8 Å². The highest BCUT2D eigenvalue weighted by Crippen LogP contribution is 2.57. The molecule has 4 heterocycles. The zero-order valence-corrected chi connectivity index (χ0v) is 21.8. The van der Waals surface area contributed by atoms with E-state index in [0.717, 1.165) is 61.8 Å². The van der Waals surface area contributed by atoms with Crippen LogP contribution >= 0.6 is 0 Å². The zero-order chi connectivity index (χ0) is 24.8. The predicted molar refractivity (Wildman–Crippen MR) is 134 cm³/mol. The fraction of sp³-hybridized carbons (Fsp3) is 0.643. The standard InChI is InChI=1S/C28H39N3O4/c1-19(2)26-29-12-16-31(26)13-9-23(32)30-14-10-28(11-15-30)17-21-24(34-18-28)20-7-6-8-22(33-5)25(20)35-27(21,3)4/h6-8,12,16,19,21,24H,9-11,13-15,17-18H2,1-5H3/t21-,24+/m0/s1. The number of imidazole rings is 1.